The Morgan fingerprint density at radius 1 is 1.10 bits per heavy atom. The summed E-state index contributed by atoms with van der Waals surface area (Å²) < 4.78 is 41.0. The molecule has 2 aromatic carbocycles. The van der Waals surface area contributed by atoms with Gasteiger partial charge in [0.2, 0.25) is 15.9 Å². The van der Waals surface area contributed by atoms with Crippen LogP contribution < -0.4 is 0 Å². The number of Topliss-reactive ketones (excluding diaryl/α,β-unsaturated/α-hetero) is 1. The van der Waals surface area contributed by atoms with Gasteiger partial charge in [-0.05, 0) is 44.9 Å². The molecule has 6 nitrogen and oxygen atoms in total. The quantitative estimate of drug-likeness (QED) is 0.599. The molecular weight excluding hydrogens is 407 g/mol. The molecule has 1 aliphatic carbocycles. The molecule has 0 saturated heterocycles. The van der Waals surface area contributed by atoms with Crippen LogP contribution in [-0.2, 0) is 14.8 Å². The van der Waals surface area contributed by atoms with Crippen molar-refractivity contribution in [2.24, 2.45) is 0 Å². The summed E-state index contributed by atoms with van der Waals surface area (Å²) in [7, 11) is -2.58. The minimum Gasteiger partial charge on any atom is -0.332 e. The molecule has 160 valence electrons. The fourth-order valence-electron chi connectivity index (χ4n) is 3.45. The van der Waals surface area contributed by atoms with Crippen molar-refractivity contribution >= 4 is 21.7 Å². The van der Waals surface area contributed by atoms with E-state index in [1.807, 2.05) is 0 Å². The Kier molecular flexibility index (Phi) is 6.38. The zero-order valence-electron chi connectivity index (χ0n) is 17.2. The first-order valence-electron chi connectivity index (χ1n) is 9.76. The Bertz CT molecular complexity index is 1050. The predicted molar refractivity (Wildman–Crippen MR) is 111 cm³/mol. The lowest BCUT2D eigenvalue weighted by Gasteiger charge is -2.31. The Morgan fingerprint density at radius 3 is 2.23 bits per heavy atom. The minimum absolute atomic E-state index is 0.00271. The monoisotopic (exact) mass is 432 g/mol. The fourth-order valence-corrected chi connectivity index (χ4v) is 4.57. The van der Waals surface area contributed by atoms with Gasteiger partial charge in [-0.15, -0.1) is 0 Å². The zero-order valence-corrected chi connectivity index (χ0v) is 18.0. The molecule has 1 saturated carbocycles. The first-order valence-corrected chi connectivity index (χ1v) is 11.2. The number of halogens is 1. The summed E-state index contributed by atoms with van der Waals surface area (Å²) in [6, 6.07) is 11.4. The van der Waals surface area contributed by atoms with Gasteiger partial charge in [-0.1, -0.05) is 30.3 Å². The minimum atomic E-state index is -3.91. The van der Waals surface area contributed by atoms with Crippen LogP contribution in [0.3, 0.4) is 0 Å². The molecule has 0 aromatic heterocycles. The Morgan fingerprint density at radius 2 is 1.70 bits per heavy atom. The van der Waals surface area contributed by atoms with Crippen LogP contribution in [0.15, 0.2) is 53.4 Å². The van der Waals surface area contributed by atoms with Crippen LogP contribution in [0.2, 0.25) is 0 Å². The van der Waals surface area contributed by atoms with Gasteiger partial charge in [0, 0.05) is 24.2 Å². The molecule has 0 spiro atoms. The number of nitrogens with zero attached hydrogens (tertiary/aromatic N) is 2. The first-order chi connectivity index (χ1) is 14.1. The summed E-state index contributed by atoms with van der Waals surface area (Å²) in [6.45, 7) is 2.80. The van der Waals surface area contributed by atoms with Gasteiger partial charge in [0.1, 0.15) is 5.82 Å². The average molecular weight is 433 g/mol. The van der Waals surface area contributed by atoms with E-state index in [9.17, 15) is 22.4 Å². The normalized spacial score (nSPS) is 15.1. The maximum Gasteiger partial charge on any atom is 0.243 e. The van der Waals surface area contributed by atoms with Gasteiger partial charge in [0.25, 0.3) is 0 Å². The Balaban J connectivity index is 1.78. The highest BCUT2D eigenvalue weighted by Crippen LogP contribution is 2.35. The Hall–Kier alpha value is -2.58. The molecule has 0 aliphatic heterocycles. The van der Waals surface area contributed by atoms with Crippen molar-refractivity contribution in [1.82, 2.24) is 9.21 Å². The standard InChI is InChI=1S/C22H25FN2O4S/c1-15(20-6-4-5-7-21(20)23)25(18-10-11-18)22(27)14-24(3)30(28,29)19-12-8-17(9-13-19)16(2)26/h4-9,12-13,15,18H,10-11,14H2,1-3H3/t15-/m1/s1. The molecule has 0 unspecified atom stereocenters. The largest absolute Gasteiger partial charge is 0.332 e. The maximum absolute atomic E-state index is 14.2. The van der Waals surface area contributed by atoms with Gasteiger partial charge in [-0.2, -0.15) is 4.31 Å². The van der Waals surface area contributed by atoms with Crippen molar-refractivity contribution in [1.29, 1.82) is 0 Å². The van der Waals surface area contributed by atoms with Crippen LogP contribution in [0.5, 0.6) is 0 Å². The second-order valence-electron chi connectivity index (χ2n) is 7.57. The number of sulfonamides is 1. The first kappa shape index (κ1) is 22.1. The molecule has 1 aliphatic rings. The Labute approximate surface area is 176 Å². The van der Waals surface area contributed by atoms with Crippen LogP contribution in [0.4, 0.5) is 4.39 Å². The molecule has 1 amide bonds. The molecule has 0 bridgehead atoms. The molecule has 30 heavy (non-hydrogen) atoms. The summed E-state index contributed by atoms with van der Waals surface area (Å²) in [6.07, 6.45) is 1.63. The summed E-state index contributed by atoms with van der Waals surface area (Å²) in [4.78, 5) is 26.0. The maximum atomic E-state index is 14.2. The van der Waals surface area contributed by atoms with E-state index in [0.29, 0.717) is 11.1 Å². The lowest BCUT2D eigenvalue weighted by Crippen LogP contribution is -2.43. The highest BCUT2D eigenvalue weighted by atomic mass is 32.2. The van der Waals surface area contributed by atoms with Crippen molar-refractivity contribution in [3.05, 3.63) is 65.5 Å². The number of hydrogen-bond donors (Lipinski definition) is 0. The zero-order chi connectivity index (χ0) is 22.1. The lowest BCUT2D eigenvalue weighted by molar-refractivity contribution is -0.134. The number of carbonyl (C=O) groups excluding carboxylic acids is 2. The van der Waals surface area contributed by atoms with E-state index in [2.05, 4.69) is 0 Å². The number of benzene rings is 2. The van der Waals surface area contributed by atoms with Crippen molar-refractivity contribution < 1.29 is 22.4 Å². The van der Waals surface area contributed by atoms with E-state index >= 15 is 0 Å². The second kappa shape index (κ2) is 8.65. The third kappa shape index (κ3) is 4.60. The highest BCUT2D eigenvalue weighted by molar-refractivity contribution is 7.89. The summed E-state index contributed by atoms with van der Waals surface area (Å²) in [5.74, 6) is -0.931. The third-order valence-corrected chi connectivity index (χ3v) is 7.15. The van der Waals surface area contributed by atoms with E-state index in [1.54, 1.807) is 30.0 Å². The van der Waals surface area contributed by atoms with Gasteiger partial charge < -0.3 is 4.90 Å². The topological polar surface area (TPSA) is 74.8 Å². The summed E-state index contributed by atoms with van der Waals surface area (Å²) in [5.41, 5.74) is 0.814. The van der Waals surface area contributed by atoms with Crippen molar-refractivity contribution in [2.45, 2.75) is 43.7 Å². The van der Waals surface area contributed by atoms with Crippen molar-refractivity contribution in [3.63, 3.8) is 0 Å². The molecule has 0 heterocycles. The second-order valence-corrected chi connectivity index (χ2v) is 9.62. The van der Waals surface area contributed by atoms with Crippen molar-refractivity contribution in [2.75, 3.05) is 13.6 Å². The van der Waals surface area contributed by atoms with Gasteiger partial charge >= 0.3 is 0 Å². The smallest absolute Gasteiger partial charge is 0.243 e. The highest BCUT2D eigenvalue weighted by Gasteiger charge is 2.38. The SMILES string of the molecule is CC(=O)c1ccc(S(=O)(=O)N(C)CC(=O)N(C2CC2)[C@H](C)c2ccccc2F)cc1. The van der Waals surface area contributed by atoms with Gasteiger partial charge in [0.15, 0.2) is 5.78 Å². The van der Waals surface area contributed by atoms with E-state index in [1.165, 1.54) is 44.3 Å². The molecule has 1 fully saturated rings. The van der Waals surface area contributed by atoms with Gasteiger partial charge in [-0.3, -0.25) is 9.59 Å². The average Bonchev–Trinajstić information content (AvgIpc) is 3.53. The summed E-state index contributed by atoms with van der Waals surface area (Å²) in [5, 5.41) is 0. The molecule has 3 rings (SSSR count). The molecule has 0 radical (unpaired) electrons. The molecule has 2 aromatic rings. The molecule has 0 N–H and O–H groups in total. The number of ketones is 1. The molecule has 8 heteroatoms. The van der Waals surface area contributed by atoms with Crippen LogP contribution in [0.25, 0.3) is 0 Å². The number of likely N-dealkylation sites (N-methyl/N-ethyl adjacent to an activating group) is 1. The summed E-state index contributed by atoms with van der Waals surface area (Å²) >= 11 is 0. The lowest BCUT2D eigenvalue weighted by atomic mass is 10.1. The van der Waals surface area contributed by atoms with E-state index < -0.39 is 21.9 Å². The molecular formula is C22H25FN2O4S. The van der Waals surface area contributed by atoms with E-state index in [0.717, 1.165) is 17.1 Å². The number of rotatable bonds is 8. The third-order valence-electron chi connectivity index (χ3n) is 5.33. The fraction of sp³-hybridized carbons (Fsp3) is 0.364. The van der Waals surface area contributed by atoms with Crippen LogP contribution >= 0.6 is 0 Å². The van der Waals surface area contributed by atoms with E-state index in [4.69, 9.17) is 0 Å². The van der Waals surface area contributed by atoms with Crippen LogP contribution in [-0.4, -0.2) is 48.9 Å². The molecule has 1 atom stereocenters. The predicted octanol–water partition coefficient (Wildman–Crippen LogP) is 3.40. The number of hydrogen-bond acceptors (Lipinski definition) is 4. The number of amides is 1. The van der Waals surface area contributed by atoms with Gasteiger partial charge in [0.05, 0.1) is 17.5 Å². The van der Waals surface area contributed by atoms with Gasteiger partial charge in [-0.25, -0.2) is 12.8 Å². The van der Waals surface area contributed by atoms with Crippen LogP contribution in [0, 0.1) is 5.82 Å². The van der Waals surface area contributed by atoms with Crippen molar-refractivity contribution in [3.8, 4) is 0 Å². The number of carbonyl (C=O) groups is 2. The van der Waals surface area contributed by atoms with E-state index in [-0.39, 0.29) is 29.2 Å². The van der Waals surface area contributed by atoms with Crippen LogP contribution in [0.1, 0.15) is 48.7 Å².